The Balaban J connectivity index is 1.95. The highest BCUT2D eigenvalue weighted by Crippen LogP contribution is 2.36. The molecule has 0 bridgehead atoms. The Morgan fingerprint density at radius 3 is 2.51 bits per heavy atom. The predicted molar refractivity (Wildman–Crippen MR) is 138 cm³/mol. The first-order valence-electron chi connectivity index (χ1n) is 11.4. The molecule has 0 radical (unpaired) electrons. The largest absolute Gasteiger partial charge is 0.497 e. The third kappa shape index (κ3) is 6.34. The molecule has 0 atom stereocenters. The number of hydrogen-bond donors (Lipinski definition) is 0. The number of methoxy groups -OCH3 is 2. The lowest BCUT2D eigenvalue weighted by Gasteiger charge is -2.23. The van der Waals surface area contributed by atoms with Gasteiger partial charge < -0.3 is 14.4 Å². The van der Waals surface area contributed by atoms with Crippen LogP contribution in [-0.4, -0.2) is 61.1 Å². The normalized spacial score (nSPS) is 10.9. The first-order valence-corrected chi connectivity index (χ1v) is 12.3. The second-order valence-corrected chi connectivity index (χ2v) is 8.56. The molecule has 1 aromatic heterocycles. The van der Waals surface area contributed by atoms with Crippen molar-refractivity contribution in [3.63, 3.8) is 0 Å². The minimum Gasteiger partial charge on any atom is -0.497 e. The molecule has 0 unspecified atom stereocenters. The molecule has 0 spiro atoms. The van der Waals surface area contributed by atoms with E-state index in [1.807, 2.05) is 17.5 Å². The van der Waals surface area contributed by atoms with Crippen LogP contribution in [0.5, 0.6) is 11.5 Å². The van der Waals surface area contributed by atoms with Gasteiger partial charge in [0.1, 0.15) is 11.5 Å². The number of non-ortho nitro benzene ring substituents is 1. The minimum absolute atomic E-state index is 0.125. The van der Waals surface area contributed by atoms with E-state index in [1.165, 1.54) is 29.5 Å². The molecule has 0 saturated heterocycles. The zero-order chi connectivity index (χ0) is 25.4. The van der Waals surface area contributed by atoms with E-state index < -0.39 is 4.92 Å². The highest BCUT2D eigenvalue weighted by atomic mass is 32.1. The van der Waals surface area contributed by atoms with Gasteiger partial charge in [0.05, 0.1) is 24.8 Å². The van der Waals surface area contributed by atoms with Gasteiger partial charge in [-0.2, -0.15) is 0 Å². The van der Waals surface area contributed by atoms with Gasteiger partial charge in [-0.3, -0.25) is 19.8 Å². The summed E-state index contributed by atoms with van der Waals surface area (Å²) in [5.74, 6) is 0.978. The molecular weight excluding hydrogens is 468 g/mol. The molecule has 9 nitrogen and oxygen atoms in total. The van der Waals surface area contributed by atoms with Crippen LogP contribution in [0.1, 0.15) is 30.6 Å². The molecule has 0 fully saturated rings. The summed E-state index contributed by atoms with van der Waals surface area (Å²) < 4.78 is 10.8. The number of anilines is 1. The van der Waals surface area contributed by atoms with Crippen molar-refractivity contribution in [2.24, 2.45) is 0 Å². The van der Waals surface area contributed by atoms with Gasteiger partial charge in [-0.25, -0.2) is 4.98 Å². The van der Waals surface area contributed by atoms with Crippen LogP contribution < -0.4 is 14.4 Å². The maximum absolute atomic E-state index is 13.5. The SMILES string of the molecule is CCN(CC)CCCN(C(=O)c1cccc([N+](=O)[O-])c1)c1nc(-c2cc(OC)ccc2OC)cs1. The Morgan fingerprint density at radius 1 is 1.09 bits per heavy atom. The van der Waals surface area contributed by atoms with E-state index >= 15 is 0 Å². The average molecular weight is 499 g/mol. The van der Waals surface area contributed by atoms with Crippen molar-refractivity contribution in [2.75, 3.05) is 45.3 Å². The molecule has 0 aliphatic carbocycles. The van der Waals surface area contributed by atoms with Crippen LogP contribution in [-0.2, 0) is 0 Å². The van der Waals surface area contributed by atoms with E-state index in [9.17, 15) is 14.9 Å². The lowest BCUT2D eigenvalue weighted by molar-refractivity contribution is -0.384. The van der Waals surface area contributed by atoms with Gasteiger partial charge in [0.15, 0.2) is 5.13 Å². The Hall–Kier alpha value is -3.50. The second-order valence-electron chi connectivity index (χ2n) is 7.73. The van der Waals surface area contributed by atoms with E-state index in [1.54, 1.807) is 31.3 Å². The number of hydrogen-bond acceptors (Lipinski definition) is 8. The fraction of sp³-hybridized carbons (Fsp3) is 0.360. The standard InChI is InChI=1S/C25H30N4O5S/c1-5-27(6-2)13-8-14-28(24(30)18-9-7-10-19(15-18)29(31)32)25-26-22(17-35-25)21-16-20(33-3)11-12-23(21)34-4/h7,9-12,15-17H,5-6,8,13-14H2,1-4H3. The van der Waals surface area contributed by atoms with Crippen molar-refractivity contribution in [3.05, 3.63) is 63.5 Å². The number of nitrogens with zero attached hydrogens (tertiary/aromatic N) is 4. The first kappa shape index (κ1) is 26.1. The molecule has 0 aliphatic rings. The highest BCUT2D eigenvalue weighted by molar-refractivity contribution is 7.14. The molecule has 0 saturated carbocycles. The van der Waals surface area contributed by atoms with Crippen molar-refractivity contribution < 1.29 is 19.2 Å². The van der Waals surface area contributed by atoms with E-state index in [2.05, 4.69) is 18.7 Å². The fourth-order valence-corrected chi connectivity index (χ4v) is 4.56. The van der Waals surface area contributed by atoms with Gasteiger partial charge in [-0.15, -0.1) is 11.3 Å². The Labute approximate surface area is 209 Å². The van der Waals surface area contributed by atoms with Crippen LogP contribution >= 0.6 is 11.3 Å². The molecule has 0 aliphatic heterocycles. The van der Waals surface area contributed by atoms with Gasteiger partial charge in [-0.05, 0) is 50.3 Å². The third-order valence-electron chi connectivity index (χ3n) is 5.71. The summed E-state index contributed by atoms with van der Waals surface area (Å²) in [5.41, 5.74) is 1.53. The van der Waals surface area contributed by atoms with Crippen molar-refractivity contribution in [1.29, 1.82) is 0 Å². The summed E-state index contributed by atoms with van der Waals surface area (Å²) in [5, 5.41) is 13.6. The van der Waals surface area contributed by atoms with Crippen LogP contribution in [0.2, 0.25) is 0 Å². The number of nitro groups is 1. The van der Waals surface area contributed by atoms with E-state index in [4.69, 9.17) is 14.5 Å². The quantitative estimate of drug-likeness (QED) is 0.253. The number of nitro benzene ring substituents is 1. The highest BCUT2D eigenvalue weighted by Gasteiger charge is 2.23. The van der Waals surface area contributed by atoms with Gasteiger partial charge in [0, 0.05) is 35.2 Å². The van der Waals surface area contributed by atoms with Gasteiger partial charge in [-0.1, -0.05) is 19.9 Å². The zero-order valence-electron chi connectivity index (χ0n) is 20.4. The number of carbonyl (C=O) groups is 1. The van der Waals surface area contributed by atoms with Crippen molar-refractivity contribution in [3.8, 4) is 22.8 Å². The minimum atomic E-state index is -0.502. The Kier molecular flexibility index (Phi) is 9.16. The number of ether oxygens (including phenoxy) is 2. The van der Waals surface area contributed by atoms with Crippen molar-refractivity contribution >= 4 is 28.1 Å². The molecule has 1 amide bonds. The monoisotopic (exact) mass is 498 g/mol. The smallest absolute Gasteiger partial charge is 0.270 e. The van der Waals surface area contributed by atoms with Crippen LogP contribution in [0.25, 0.3) is 11.3 Å². The molecule has 0 N–H and O–H groups in total. The average Bonchev–Trinajstić information content (AvgIpc) is 3.38. The lowest BCUT2D eigenvalue weighted by atomic mass is 10.1. The van der Waals surface area contributed by atoms with Crippen molar-refractivity contribution in [1.82, 2.24) is 9.88 Å². The summed E-state index contributed by atoms with van der Waals surface area (Å²) >= 11 is 1.34. The van der Waals surface area contributed by atoms with Crippen LogP contribution in [0.4, 0.5) is 10.8 Å². The van der Waals surface area contributed by atoms with Crippen molar-refractivity contribution in [2.45, 2.75) is 20.3 Å². The van der Waals surface area contributed by atoms with Gasteiger partial charge in [0.2, 0.25) is 0 Å². The molecule has 35 heavy (non-hydrogen) atoms. The molecule has 1 heterocycles. The second kappa shape index (κ2) is 12.3. The van der Waals surface area contributed by atoms with Crippen LogP contribution in [0.3, 0.4) is 0 Å². The molecule has 2 aromatic carbocycles. The van der Waals surface area contributed by atoms with Gasteiger partial charge in [0.25, 0.3) is 11.6 Å². The predicted octanol–water partition coefficient (Wildman–Crippen LogP) is 5.11. The number of aromatic nitrogens is 1. The van der Waals surface area contributed by atoms with E-state index in [-0.39, 0.29) is 17.2 Å². The summed E-state index contributed by atoms with van der Waals surface area (Å²) in [6.07, 6.45) is 0.736. The number of thiazole rings is 1. The van der Waals surface area contributed by atoms with Crippen LogP contribution in [0.15, 0.2) is 47.8 Å². The summed E-state index contributed by atoms with van der Waals surface area (Å²) in [6, 6.07) is 11.2. The number of amides is 1. The molecule has 3 aromatic rings. The summed E-state index contributed by atoms with van der Waals surface area (Å²) in [7, 11) is 3.18. The van der Waals surface area contributed by atoms with Gasteiger partial charge >= 0.3 is 0 Å². The van der Waals surface area contributed by atoms with E-state index in [0.717, 1.165) is 31.6 Å². The molecule has 3 rings (SSSR count). The molecular formula is C25H30N4O5S. The fourth-order valence-electron chi connectivity index (χ4n) is 3.71. The number of carbonyl (C=O) groups excluding carboxylic acids is 1. The summed E-state index contributed by atoms with van der Waals surface area (Å²) in [6.45, 7) is 7.31. The maximum Gasteiger partial charge on any atom is 0.270 e. The lowest BCUT2D eigenvalue weighted by Crippen LogP contribution is -2.34. The van der Waals surface area contributed by atoms with E-state index in [0.29, 0.717) is 28.9 Å². The Bertz CT molecular complexity index is 1160. The number of rotatable bonds is 12. The molecule has 10 heteroatoms. The Morgan fingerprint density at radius 2 is 1.86 bits per heavy atom. The zero-order valence-corrected chi connectivity index (χ0v) is 21.2. The molecule has 186 valence electrons. The summed E-state index contributed by atoms with van der Waals surface area (Å²) in [4.78, 5) is 32.9. The third-order valence-corrected chi connectivity index (χ3v) is 6.57. The topological polar surface area (TPSA) is 98.0 Å². The maximum atomic E-state index is 13.5. The van der Waals surface area contributed by atoms with Crippen LogP contribution in [0, 0.1) is 10.1 Å². The first-order chi connectivity index (χ1) is 16.9. The number of benzene rings is 2.